The second-order valence-electron chi connectivity index (χ2n) is 11.9. The number of hydrogen-bond acceptors (Lipinski definition) is 5. The summed E-state index contributed by atoms with van der Waals surface area (Å²) in [5.74, 6) is 0.570. The first-order chi connectivity index (χ1) is 23.8. The molecule has 5 nitrogen and oxygen atoms in total. The molecule has 0 spiro atoms. The maximum Gasteiger partial charge on any atom is 0.228 e. The van der Waals surface area contributed by atoms with Crippen molar-refractivity contribution in [1.82, 2.24) is 4.98 Å². The standard InChI is InChI=1S/C43H26N2O3/c1-2-10-27(11-3-1)28-20-22-29(23-21-28)45(30-24-25-38-34(26-30)31-12-4-6-17-37(31)46-38)36-16-8-13-32-41-33(14-9-19-40(41)47-42(32)36)43-44-35-15-5-7-18-39(35)48-43/h1-26H. The van der Waals surface area contributed by atoms with Gasteiger partial charge in [0.1, 0.15) is 22.3 Å². The molecule has 5 heteroatoms. The van der Waals surface area contributed by atoms with E-state index in [4.69, 9.17) is 18.2 Å². The highest BCUT2D eigenvalue weighted by Crippen LogP contribution is 2.45. The van der Waals surface area contributed by atoms with Crippen LogP contribution < -0.4 is 4.90 Å². The topological polar surface area (TPSA) is 55.6 Å². The number of anilines is 3. The fourth-order valence-corrected chi connectivity index (χ4v) is 6.89. The Labute approximate surface area is 274 Å². The third kappa shape index (κ3) is 4.15. The van der Waals surface area contributed by atoms with Crippen LogP contribution >= 0.6 is 0 Å². The molecule has 0 radical (unpaired) electrons. The van der Waals surface area contributed by atoms with Gasteiger partial charge in [-0.25, -0.2) is 4.98 Å². The molecule has 3 aromatic heterocycles. The van der Waals surface area contributed by atoms with Crippen molar-refractivity contribution in [1.29, 1.82) is 0 Å². The lowest BCUT2D eigenvalue weighted by Crippen LogP contribution is -2.10. The minimum atomic E-state index is 0.570. The van der Waals surface area contributed by atoms with E-state index in [1.165, 1.54) is 5.56 Å². The average molecular weight is 619 g/mol. The molecule has 226 valence electrons. The van der Waals surface area contributed by atoms with Crippen LogP contribution in [0.3, 0.4) is 0 Å². The summed E-state index contributed by atoms with van der Waals surface area (Å²) in [6.45, 7) is 0. The van der Waals surface area contributed by atoms with Crippen molar-refractivity contribution in [3.8, 4) is 22.6 Å². The van der Waals surface area contributed by atoms with Crippen LogP contribution in [-0.2, 0) is 0 Å². The van der Waals surface area contributed by atoms with Crippen LogP contribution in [-0.4, -0.2) is 4.98 Å². The van der Waals surface area contributed by atoms with Crippen LogP contribution in [0.15, 0.2) is 171 Å². The monoisotopic (exact) mass is 618 g/mol. The van der Waals surface area contributed by atoms with E-state index in [1.807, 2.05) is 66.7 Å². The Bertz CT molecular complexity index is 2760. The SMILES string of the molecule is c1ccc(-c2ccc(N(c3ccc4oc5ccccc5c4c3)c3cccc4c3oc3cccc(-c5nc6ccccc6o5)c34)cc2)cc1. The van der Waals surface area contributed by atoms with E-state index in [1.54, 1.807) is 0 Å². The Hall–Kier alpha value is -6.59. The van der Waals surface area contributed by atoms with Crippen molar-refractivity contribution in [2.75, 3.05) is 4.90 Å². The number of oxazole rings is 1. The highest BCUT2D eigenvalue weighted by atomic mass is 16.4. The average Bonchev–Trinajstić information content (AvgIpc) is 3.86. The molecule has 0 unspecified atom stereocenters. The maximum atomic E-state index is 6.75. The summed E-state index contributed by atoms with van der Waals surface area (Å²) in [7, 11) is 0. The van der Waals surface area contributed by atoms with Crippen molar-refractivity contribution in [3.05, 3.63) is 158 Å². The molecule has 10 aromatic rings. The van der Waals surface area contributed by atoms with Crippen molar-refractivity contribution in [2.24, 2.45) is 0 Å². The number of nitrogens with zero attached hydrogens (tertiary/aromatic N) is 2. The van der Waals surface area contributed by atoms with Crippen LogP contribution in [0, 0.1) is 0 Å². The zero-order chi connectivity index (χ0) is 31.6. The predicted octanol–water partition coefficient (Wildman–Crippen LogP) is 12.4. The van der Waals surface area contributed by atoms with Crippen LogP contribution in [0.5, 0.6) is 0 Å². The van der Waals surface area contributed by atoms with E-state index < -0.39 is 0 Å². The van der Waals surface area contributed by atoms with Crippen molar-refractivity contribution < 1.29 is 13.3 Å². The van der Waals surface area contributed by atoms with Gasteiger partial charge in [-0.2, -0.15) is 0 Å². The molecule has 3 heterocycles. The first kappa shape index (κ1) is 26.6. The van der Waals surface area contributed by atoms with Crippen molar-refractivity contribution in [3.63, 3.8) is 0 Å². The lowest BCUT2D eigenvalue weighted by molar-refractivity contribution is 0.620. The summed E-state index contributed by atoms with van der Waals surface area (Å²) >= 11 is 0. The summed E-state index contributed by atoms with van der Waals surface area (Å²) in [6.07, 6.45) is 0. The van der Waals surface area contributed by atoms with Gasteiger partial charge in [0.15, 0.2) is 11.2 Å². The zero-order valence-electron chi connectivity index (χ0n) is 25.6. The van der Waals surface area contributed by atoms with Gasteiger partial charge in [-0.15, -0.1) is 0 Å². The van der Waals surface area contributed by atoms with E-state index in [2.05, 4.69) is 95.9 Å². The molecule has 10 rings (SSSR count). The molecule has 0 amide bonds. The first-order valence-corrected chi connectivity index (χ1v) is 16.0. The number of para-hydroxylation sites is 4. The molecule has 0 N–H and O–H groups in total. The first-order valence-electron chi connectivity index (χ1n) is 16.0. The molecular formula is C43H26N2O3. The van der Waals surface area contributed by atoms with Gasteiger partial charge in [-0.3, -0.25) is 0 Å². The van der Waals surface area contributed by atoms with Crippen molar-refractivity contribution in [2.45, 2.75) is 0 Å². The molecular weight excluding hydrogens is 592 g/mol. The quantitative estimate of drug-likeness (QED) is 0.192. The molecule has 0 bridgehead atoms. The Balaban J connectivity index is 1.20. The van der Waals surface area contributed by atoms with Gasteiger partial charge in [0.25, 0.3) is 0 Å². The van der Waals surface area contributed by atoms with E-state index >= 15 is 0 Å². The summed E-state index contributed by atoms with van der Waals surface area (Å²) in [5, 5.41) is 4.10. The molecule has 7 aromatic carbocycles. The molecule has 0 aliphatic carbocycles. The van der Waals surface area contributed by atoms with Crippen molar-refractivity contribution >= 4 is 72.0 Å². The smallest absolute Gasteiger partial charge is 0.228 e. The fraction of sp³-hybridized carbons (Fsp3) is 0. The highest BCUT2D eigenvalue weighted by Gasteiger charge is 2.23. The second kappa shape index (κ2) is 10.5. The summed E-state index contributed by atoms with van der Waals surface area (Å²) < 4.78 is 19.2. The van der Waals surface area contributed by atoms with Crippen LogP contribution in [0.4, 0.5) is 17.1 Å². The highest BCUT2D eigenvalue weighted by molar-refractivity contribution is 6.16. The van der Waals surface area contributed by atoms with Gasteiger partial charge in [-0.1, -0.05) is 91.0 Å². The molecule has 0 aliphatic rings. The largest absolute Gasteiger partial charge is 0.456 e. The maximum absolute atomic E-state index is 6.75. The van der Waals surface area contributed by atoms with E-state index in [0.717, 1.165) is 83.2 Å². The number of rotatable bonds is 5. The Morgan fingerprint density at radius 2 is 1.12 bits per heavy atom. The van der Waals surface area contributed by atoms with Gasteiger partial charge in [0.2, 0.25) is 5.89 Å². The van der Waals surface area contributed by atoms with Gasteiger partial charge in [0.05, 0.1) is 5.69 Å². The van der Waals surface area contributed by atoms with E-state index in [0.29, 0.717) is 5.89 Å². The third-order valence-corrected chi connectivity index (χ3v) is 9.12. The van der Waals surface area contributed by atoms with Gasteiger partial charge in [0, 0.05) is 38.5 Å². The summed E-state index contributed by atoms with van der Waals surface area (Å²) in [5.41, 5.74) is 11.0. The minimum Gasteiger partial charge on any atom is -0.456 e. The lowest BCUT2D eigenvalue weighted by atomic mass is 10.0. The number of hydrogen-bond donors (Lipinski definition) is 0. The molecule has 0 saturated carbocycles. The van der Waals surface area contributed by atoms with E-state index in [9.17, 15) is 0 Å². The Morgan fingerprint density at radius 1 is 0.438 bits per heavy atom. The summed E-state index contributed by atoms with van der Waals surface area (Å²) in [6, 6.07) is 53.9. The molecule has 0 fully saturated rings. The van der Waals surface area contributed by atoms with Crippen LogP contribution in [0.25, 0.3) is 77.6 Å². The number of aromatic nitrogens is 1. The summed E-state index contributed by atoms with van der Waals surface area (Å²) in [4.78, 5) is 7.09. The number of fused-ring (bicyclic) bond motifs is 7. The normalized spacial score (nSPS) is 11.8. The van der Waals surface area contributed by atoms with Gasteiger partial charge >= 0.3 is 0 Å². The molecule has 0 aliphatic heterocycles. The third-order valence-electron chi connectivity index (χ3n) is 9.12. The number of benzene rings is 7. The molecule has 0 atom stereocenters. The van der Waals surface area contributed by atoms with E-state index in [-0.39, 0.29) is 0 Å². The lowest BCUT2D eigenvalue weighted by Gasteiger charge is -2.26. The minimum absolute atomic E-state index is 0.570. The van der Waals surface area contributed by atoms with Gasteiger partial charge < -0.3 is 18.2 Å². The van der Waals surface area contributed by atoms with Crippen LogP contribution in [0.1, 0.15) is 0 Å². The zero-order valence-corrected chi connectivity index (χ0v) is 25.6. The van der Waals surface area contributed by atoms with Gasteiger partial charge in [-0.05, 0) is 77.9 Å². The molecule has 0 saturated heterocycles. The predicted molar refractivity (Wildman–Crippen MR) is 194 cm³/mol. The Morgan fingerprint density at radius 3 is 2.00 bits per heavy atom. The Kier molecular flexibility index (Phi) is 5.81. The second-order valence-corrected chi connectivity index (χ2v) is 11.9. The van der Waals surface area contributed by atoms with Crippen LogP contribution in [0.2, 0.25) is 0 Å². The fourth-order valence-electron chi connectivity index (χ4n) is 6.89. The number of furan rings is 2. The molecule has 48 heavy (non-hydrogen) atoms.